The van der Waals surface area contributed by atoms with Crippen molar-refractivity contribution in [2.24, 2.45) is 0 Å². The van der Waals surface area contributed by atoms with E-state index >= 15 is 0 Å². The van der Waals surface area contributed by atoms with E-state index in [1.807, 2.05) is 0 Å². The average molecular weight is 226 g/mol. The van der Waals surface area contributed by atoms with Crippen LogP contribution in [0.1, 0.15) is 38.5 Å². The minimum atomic E-state index is 0.758. The molecule has 0 radical (unpaired) electrons. The fraction of sp³-hybridized carbons (Fsp3) is 1.00. The molecule has 2 fully saturated rings. The van der Waals surface area contributed by atoms with E-state index in [4.69, 9.17) is 4.74 Å². The number of fused-ring (bicyclic) bond motifs is 2. The Balaban J connectivity index is 1.87. The SMILES string of the molecule is CNC1CC2CCCC(C1)N2CCCOC. The lowest BCUT2D eigenvalue weighted by Crippen LogP contribution is -2.56. The van der Waals surface area contributed by atoms with Crippen molar-refractivity contribution in [3.8, 4) is 0 Å². The van der Waals surface area contributed by atoms with Gasteiger partial charge in [-0.05, 0) is 39.2 Å². The second-order valence-corrected chi connectivity index (χ2v) is 5.28. The van der Waals surface area contributed by atoms with Gasteiger partial charge in [0.15, 0.2) is 0 Å². The maximum absolute atomic E-state index is 5.16. The smallest absolute Gasteiger partial charge is 0.0474 e. The van der Waals surface area contributed by atoms with E-state index in [1.165, 1.54) is 45.1 Å². The zero-order valence-corrected chi connectivity index (χ0v) is 10.7. The van der Waals surface area contributed by atoms with Crippen LogP contribution in [0.4, 0.5) is 0 Å². The summed E-state index contributed by atoms with van der Waals surface area (Å²) in [5.74, 6) is 0. The maximum atomic E-state index is 5.16. The highest BCUT2D eigenvalue weighted by atomic mass is 16.5. The molecule has 0 aromatic rings. The Morgan fingerprint density at radius 1 is 1.25 bits per heavy atom. The third kappa shape index (κ3) is 2.76. The van der Waals surface area contributed by atoms with E-state index in [0.29, 0.717) is 0 Å². The summed E-state index contributed by atoms with van der Waals surface area (Å²) in [6.07, 6.45) is 8.13. The minimum Gasteiger partial charge on any atom is -0.385 e. The van der Waals surface area contributed by atoms with Crippen molar-refractivity contribution in [2.45, 2.75) is 56.7 Å². The number of hydrogen-bond acceptors (Lipinski definition) is 3. The van der Waals surface area contributed by atoms with Gasteiger partial charge in [-0.15, -0.1) is 0 Å². The van der Waals surface area contributed by atoms with Crippen LogP contribution in [0.25, 0.3) is 0 Å². The van der Waals surface area contributed by atoms with Gasteiger partial charge in [-0.2, -0.15) is 0 Å². The van der Waals surface area contributed by atoms with Crippen molar-refractivity contribution in [2.75, 3.05) is 27.3 Å². The third-order valence-electron chi connectivity index (χ3n) is 4.30. The highest BCUT2D eigenvalue weighted by molar-refractivity contribution is 4.94. The number of nitrogens with zero attached hydrogens (tertiary/aromatic N) is 1. The molecule has 2 aliphatic heterocycles. The van der Waals surface area contributed by atoms with Crippen LogP contribution >= 0.6 is 0 Å². The van der Waals surface area contributed by atoms with Gasteiger partial charge < -0.3 is 10.1 Å². The Morgan fingerprint density at radius 2 is 1.94 bits per heavy atom. The number of rotatable bonds is 5. The van der Waals surface area contributed by atoms with Gasteiger partial charge in [-0.3, -0.25) is 4.90 Å². The van der Waals surface area contributed by atoms with Crippen LogP contribution in [0.15, 0.2) is 0 Å². The molecule has 3 heteroatoms. The molecule has 0 spiro atoms. The summed E-state index contributed by atoms with van der Waals surface area (Å²) in [6.45, 7) is 2.14. The predicted molar refractivity (Wildman–Crippen MR) is 66.7 cm³/mol. The van der Waals surface area contributed by atoms with Crippen LogP contribution in [0.5, 0.6) is 0 Å². The Morgan fingerprint density at radius 3 is 2.50 bits per heavy atom. The molecule has 2 heterocycles. The summed E-state index contributed by atoms with van der Waals surface area (Å²) in [7, 11) is 3.91. The largest absolute Gasteiger partial charge is 0.385 e. The molecule has 0 amide bonds. The van der Waals surface area contributed by atoms with Crippen LogP contribution in [0, 0.1) is 0 Å². The minimum absolute atomic E-state index is 0.758. The van der Waals surface area contributed by atoms with E-state index in [1.54, 1.807) is 7.11 Å². The van der Waals surface area contributed by atoms with E-state index < -0.39 is 0 Å². The van der Waals surface area contributed by atoms with Crippen LogP contribution < -0.4 is 5.32 Å². The molecule has 3 nitrogen and oxygen atoms in total. The van der Waals surface area contributed by atoms with Gasteiger partial charge in [-0.1, -0.05) is 6.42 Å². The summed E-state index contributed by atoms with van der Waals surface area (Å²) in [6, 6.07) is 2.43. The lowest BCUT2D eigenvalue weighted by atomic mass is 9.81. The first-order valence-corrected chi connectivity index (χ1v) is 6.77. The van der Waals surface area contributed by atoms with Crippen molar-refractivity contribution in [1.29, 1.82) is 0 Å². The summed E-state index contributed by atoms with van der Waals surface area (Å²) in [5.41, 5.74) is 0. The van der Waals surface area contributed by atoms with Gasteiger partial charge in [-0.25, -0.2) is 0 Å². The molecule has 0 saturated carbocycles. The molecule has 94 valence electrons. The zero-order valence-electron chi connectivity index (χ0n) is 10.7. The van der Waals surface area contributed by atoms with E-state index in [9.17, 15) is 0 Å². The first-order chi connectivity index (χ1) is 7.85. The van der Waals surface area contributed by atoms with Gasteiger partial charge in [0, 0.05) is 38.4 Å². The Kier molecular flexibility index (Phi) is 4.62. The van der Waals surface area contributed by atoms with E-state index in [-0.39, 0.29) is 0 Å². The van der Waals surface area contributed by atoms with E-state index in [0.717, 1.165) is 24.7 Å². The summed E-state index contributed by atoms with van der Waals surface area (Å²) >= 11 is 0. The van der Waals surface area contributed by atoms with Crippen molar-refractivity contribution < 1.29 is 4.74 Å². The summed E-state index contributed by atoms with van der Waals surface area (Å²) in [5, 5.41) is 3.47. The van der Waals surface area contributed by atoms with Crippen molar-refractivity contribution in [3.05, 3.63) is 0 Å². The highest BCUT2D eigenvalue weighted by Gasteiger charge is 2.36. The Labute approximate surface area is 99.5 Å². The standard InChI is InChI=1S/C13H26N2O/c1-14-11-9-12-5-3-6-13(10-11)15(12)7-4-8-16-2/h11-14H,3-10H2,1-2H3. The highest BCUT2D eigenvalue weighted by Crippen LogP contribution is 2.33. The summed E-state index contributed by atoms with van der Waals surface area (Å²) in [4.78, 5) is 2.76. The number of nitrogens with one attached hydrogen (secondary N) is 1. The summed E-state index contributed by atoms with van der Waals surface area (Å²) < 4.78 is 5.16. The second-order valence-electron chi connectivity index (χ2n) is 5.28. The second kappa shape index (κ2) is 5.99. The van der Waals surface area contributed by atoms with Crippen LogP contribution in [-0.2, 0) is 4.74 Å². The molecule has 1 N–H and O–H groups in total. The normalized spacial score (nSPS) is 35.2. The van der Waals surface area contributed by atoms with Crippen LogP contribution in [0.3, 0.4) is 0 Å². The first-order valence-electron chi connectivity index (χ1n) is 6.77. The fourth-order valence-corrected chi connectivity index (χ4v) is 3.47. The molecule has 2 aliphatic rings. The molecule has 2 rings (SSSR count). The average Bonchev–Trinajstić information content (AvgIpc) is 2.28. The molecular formula is C13H26N2O. The topological polar surface area (TPSA) is 24.5 Å². The van der Waals surface area contributed by atoms with Gasteiger partial charge in [0.05, 0.1) is 0 Å². The molecule has 2 saturated heterocycles. The van der Waals surface area contributed by atoms with Crippen molar-refractivity contribution in [1.82, 2.24) is 10.2 Å². The van der Waals surface area contributed by atoms with Crippen LogP contribution in [0.2, 0.25) is 0 Å². The number of piperidine rings is 2. The van der Waals surface area contributed by atoms with Gasteiger partial charge in [0.25, 0.3) is 0 Å². The number of hydrogen-bond donors (Lipinski definition) is 1. The Bertz CT molecular complexity index is 196. The lowest BCUT2D eigenvalue weighted by molar-refractivity contribution is 0.0198. The van der Waals surface area contributed by atoms with Crippen LogP contribution in [-0.4, -0.2) is 50.3 Å². The monoisotopic (exact) mass is 226 g/mol. The van der Waals surface area contributed by atoms with Gasteiger partial charge in [0.1, 0.15) is 0 Å². The lowest BCUT2D eigenvalue weighted by Gasteiger charge is -2.49. The number of ether oxygens (including phenoxy) is 1. The molecule has 2 bridgehead atoms. The zero-order chi connectivity index (χ0) is 11.4. The molecule has 0 aromatic heterocycles. The molecule has 2 unspecified atom stereocenters. The van der Waals surface area contributed by atoms with E-state index in [2.05, 4.69) is 17.3 Å². The first kappa shape index (κ1) is 12.3. The van der Waals surface area contributed by atoms with Crippen molar-refractivity contribution >= 4 is 0 Å². The third-order valence-corrected chi connectivity index (χ3v) is 4.30. The van der Waals surface area contributed by atoms with Gasteiger partial charge in [0.2, 0.25) is 0 Å². The fourth-order valence-electron chi connectivity index (χ4n) is 3.47. The molecule has 0 aromatic carbocycles. The molecule has 2 atom stereocenters. The quantitative estimate of drug-likeness (QED) is 0.721. The Hall–Kier alpha value is -0.120. The molecule has 16 heavy (non-hydrogen) atoms. The predicted octanol–water partition coefficient (Wildman–Crippen LogP) is 1.63. The van der Waals surface area contributed by atoms with Crippen molar-refractivity contribution in [3.63, 3.8) is 0 Å². The van der Waals surface area contributed by atoms with Gasteiger partial charge >= 0.3 is 0 Å². The molecule has 0 aliphatic carbocycles. The number of methoxy groups -OCH3 is 1. The maximum Gasteiger partial charge on any atom is 0.0474 e. The molecular weight excluding hydrogens is 200 g/mol.